The third kappa shape index (κ3) is 4.94. The van der Waals surface area contributed by atoms with E-state index in [2.05, 4.69) is 5.32 Å². The van der Waals surface area contributed by atoms with E-state index in [0.717, 1.165) is 12.8 Å². The van der Waals surface area contributed by atoms with E-state index >= 15 is 0 Å². The lowest BCUT2D eigenvalue weighted by Gasteiger charge is -2.37. The molecule has 0 aromatic carbocycles. The van der Waals surface area contributed by atoms with Crippen LogP contribution in [0.2, 0.25) is 0 Å². The summed E-state index contributed by atoms with van der Waals surface area (Å²) in [6.07, 6.45) is 7.65. The smallest absolute Gasteiger partial charge is 0.308 e. The summed E-state index contributed by atoms with van der Waals surface area (Å²) in [6, 6.07) is -0.316. The molecule has 2 aliphatic rings. The van der Waals surface area contributed by atoms with Gasteiger partial charge in [0.15, 0.2) is 0 Å². The van der Waals surface area contributed by atoms with Gasteiger partial charge in [0.1, 0.15) is 0 Å². The molecule has 2 N–H and O–H groups in total. The number of carbonyl (C=O) groups excluding carboxylic acids is 2. The molecule has 6 heteroatoms. The standard InChI is InChI=1S/C17H28N2O4/c1-12-14(17(22)23)8-5-9-19(12)16(21)11-18-15(20)10-13-6-3-2-4-7-13/h12-14H,2-11H2,1H3,(H,18,20)(H,22,23)/t12-,14-/m1/s1. The number of rotatable bonds is 5. The summed E-state index contributed by atoms with van der Waals surface area (Å²) in [7, 11) is 0. The number of nitrogens with zero attached hydrogens (tertiary/aromatic N) is 1. The topological polar surface area (TPSA) is 86.7 Å². The van der Waals surface area contributed by atoms with E-state index in [-0.39, 0.29) is 24.4 Å². The lowest BCUT2D eigenvalue weighted by molar-refractivity contribution is -0.149. The normalized spacial score (nSPS) is 25.9. The van der Waals surface area contributed by atoms with Gasteiger partial charge in [-0.3, -0.25) is 14.4 Å². The second-order valence-electron chi connectivity index (χ2n) is 6.90. The number of hydrogen-bond acceptors (Lipinski definition) is 3. The van der Waals surface area contributed by atoms with Crippen LogP contribution in [-0.4, -0.2) is 46.9 Å². The fourth-order valence-corrected chi connectivity index (χ4v) is 3.83. The van der Waals surface area contributed by atoms with Gasteiger partial charge in [0.2, 0.25) is 11.8 Å². The number of carboxylic acid groups (broad SMARTS) is 1. The number of nitrogens with one attached hydrogen (secondary N) is 1. The van der Waals surface area contributed by atoms with E-state index in [1.54, 1.807) is 11.8 Å². The zero-order valence-corrected chi connectivity index (χ0v) is 13.9. The summed E-state index contributed by atoms with van der Waals surface area (Å²) in [4.78, 5) is 37.1. The second kappa shape index (κ2) is 8.31. The number of piperidine rings is 1. The molecule has 23 heavy (non-hydrogen) atoms. The minimum atomic E-state index is -0.851. The van der Waals surface area contributed by atoms with Crippen molar-refractivity contribution >= 4 is 17.8 Å². The van der Waals surface area contributed by atoms with Crippen LogP contribution in [-0.2, 0) is 14.4 Å². The Morgan fingerprint density at radius 2 is 1.78 bits per heavy atom. The van der Waals surface area contributed by atoms with Crippen LogP contribution >= 0.6 is 0 Å². The molecule has 0 radical (unpaired) electrons. The van der Waals surface area contributed by atoms with Crippen LogP contribution in [0.15, 0.2) is 0 Å². The molecule has 2 fully saturated rings. The van der Waals surface area contributed by atoms with Crippen molar-refractivity contribution in [2.24, 2.45) is 11.8 Å². The number of carboxylic acids is 1. The van der Waals surface area contributed by atoms with Crippen LogP contribution in [0.5, 0.6) is 0 Å². The van der Waals surface area contributed by atoms with Crippen molar-refractivity contribution < 1.29 is 19.5 Å². The van der Waals surface area contributed by atoms with E-state index in [0.29, 0.717) is 31.7 Å². The summed E-state index contributed by atoms with van der Waals surface area (Å²) < 4.78 is 0. The average molecular weight is 324 g/mol. The van der Waals surface area contributed by atoms with Gasteiger partial charge in [0.05, 0.1) is 12.5 Å². The predicted molar refractivity (Wildman–Crippen MR) is 85.7 cm³/mol. The number of aliphatic carboxylic acids is 1. The van der Waals surface area contributed by atoms with Gasteiger partial charge in [0, 0.05) is 19.0 Å². The highest BCUT2D eigenvalue weighted by Crippen LogP contribution is 2.26. The molecule has 130 valence electrons. The molecule has 1 saturated heterocycles. The molecule has 0 aromatic rings. The van der Waals surface area contributed by atoms with Crippen molar-refractivity contribution in [3.8, 4) is 0 Å². The van der Waals surface area contributed by atoms with E-state index in [1.165, 1.54) is 19.3 Å². The lowest BCUT2D eigenvalue weighted by Crippen LogP contribution is -2.52. The number of carbonyl (C=O) groups is 3. The maximum absolute atomic E-state index is 12.3. The third-order valence-electron chi connectivity index (χ3n) is 5.26. The Balaban J connectivity index is 1.77. The van der Waals surface area contributed by atoms with Gasteiger partial charge < -0.3 is 15.3 Å². The molecular formula is C17H28N2O4. The van der Waals surface area contributed by atoms with Gasteiger partial charge in [0.25, 0.3) is 0 Å². The van der Waals surface area contributed by atoms with Crippen molar-refractivity contribution in [1.82, 2.24) is 10.2 Å². The maximum Gasteiger partial charge on any atom is 0.308 e. The van der Waals surface area contributed by atoms with Crippen LogP contribution in [0.4, 0.5) is 0 Å². The van der Waals surface area contributed by atoms with Crippen LogP contribution in [0, 0.1) is 11.8 Å². The van der Waals surface area contributed by atoms with Crippen LogP contribution in [0.1, 0.15) is 58.3 Å². The molecule has 0 unspecified atom stereocenters. The minimum Gasteiger partial charge on any atom is -0.481 e. The summed E-state index contributed by atoms with van der Waals surface area (Å²) >= 11 is 0. The molecule has 2 amide bonds. The van der Waals surface area contributed by atoms with Crippen molar-refractivity contribution in [3.05, 3.63) is 0 Å². The highest BCUT2D eigenvalue weighted by molar-refractivity contribution is 5.85. The quantitative estimate of drug-likeness (QED) is 0.807. The molecule has 1 saturated carbocycles. The molecule has 0 spiro atoms. The van der Waals surface area contributed by atoms with Gasteiger partial charge >= 0.3 is 5.97 Å². The van der Waals surface area contributed by atoms with E-state index in [9.17, 15) is 19.5 Å². The van der Waals surface area contributed by atoms with Gasteiger partial charge in [-0.15, -0.1) is 0 Å². The summed E-state index contributed by atoms with van der Waals surface area (Å²) in [5.74, 6) is -1.16. The Labute approximate surface area is 137 Å². The van der Waals surface area contributed by atoms with E-state index in [1.807, 2.05) is 0 Å². The zero-order valence-electron chi connectivity index (χ0n) is 13.9. The van der Waals surface area contributed by atoms with Crippen molar-refractivity contribution in [2.45, 2.75) is 64.3 Å². The summed E-state index contributed by atoms with van der Waals surface area (Å²) in [5.41, 5.74) is 0. The molecule has 0 bridgehead atoms. The summed E-state index contributed by atoms with van der Waals surface area (Å²) in [6.45, 7) is 2.32. The Morgan fingerprint density at radius 3 is 2.43 bits per heavy atom. The van der Waals surface area contributed by atoms with Crippen molar-refractivity contribution in [3.63, 3.8) is 0 Å². The third-order valence-corrected chi connectivity index (χ3v) is 5.26. The van der Waals surface area contributed by atoms with E-state index in [4.69, 9.17) is 0 Å². The fraction of sp³-hybridized carbons (Fsp3) is 0.824. The first-order valence-corrected chi connectivity index (χ1v) is 8.78. The molecule has 2 atom stereocenters. The number of likely N-dealkylation sites (tertiary alicyclic amines) is 1. The fourth-order valence-electron chi connectivity index (χ4n) is 3.83. The molecular weight excluding hydrogens is 296 g/mol. The van der Waals surface area contributed by atoms with Gasteiger partial charge in [-0.25, -0.2) is 0 Å². The monoisotopic (exact) mass is 324 g/mol. The highest BCUT2D eigenvalue weighted by atomic mass is 16.4. The first-order chi connectivity index (χ1) is 11.0. The zero-order chi connectivity index (χ0) is 16.8. The van der Waals surface area contributed by atoms with Crippen molar-refractivity contribution in [2.75, 3.05) is 13.1 Å². The van der Waals surface area contributed by atoms with E-state index < -0.39 is 11.9 Å². The minimum absolute atomic E-state index is 0.0256. The maximum atomic E-state index is 12.3. The van der Waals surface area contributed by atoms with Crippen molar-refractivity contribution in [1.29, 1.82) is 0 Å². The molecule has 1 heterocycles. The molecule has 1 aliphatic heterocycles. The molecule has 0 aromatic heterocycles. The van der Waals surface area contributed by atoms with Gasteiger partial charge in [-0.05, 0) is 38.5 Å². The van der Waals surface area contributed by atoms with Gasteiger partial charge in [-0.2, -0.15) is 0 Å². The lowest BCUT2D eigenvalue weighted by atomic mass is 9.87. The Kier molecular flexibility index (Phi) is 6.42. The molecule has 6 nitrogen and oxygen atoms in total. The van der Waals surface area contributed by atoms with Crippen LogP contribution < -0.4 is 5.32 Å². The first-order valence-electron chi connectivity index (χ1n) is 8.78. The first kappa shape index (κ1) is 17.8. The average Bonchev–Trinajstić information content (AvgIpc) is 2.53. The Morgan fingerprint density at radius 1 is 1.09 bits per heavy atom. The number of amides is 2. The van der Waals surface area contributed by atoms with Gasteiger partial charge in [-0.1, -0.05) is 19.3 Å². The SMILES string of the molecule is C[C@@H]1[C@H](C(=O)O)CCCN1C(=O)CNC(=O)CC1CCCCC1. The Hall–Kier alpha value is -1.59. The van der Waals surface area contributed by atoms with Crippen LogP contribution in [0.3, 0.4) is 0 Å². The number of hydrogen-bond donors (Lipinski definition) is 2. The summed E-state index contributed by atoms with van der Waals surface area (Å²) in [5, 5.41) is 11.9. The molecule has 2 rings (SSSR count). The molecule has 1 aliphatic carbocycles. The predicted octanol–water partition coefficient (Wildman–Crippen LogP) is 1.78. The second-order valence-corrected chi connectivity index (χ2v) is 6.90. The van der Waals surface area contributed by atoms with Crippen LogP contribution in [0.25, 0.3) is 0 Å². The largest absolute Gasteiger partial charge is 0.481 e. The Bertz CT molecular complexity index is 446. The highest BCUT2D eigenvalue weighted by Gasteiger charge is 2.35.